The van der Waals surface area contributed by atoms with Gasteiger partial charge in [0.2, 0.25) is 0 Å². The predicted molar refractivity (Wildman–Crippen MR) is 250 cm³/mol. The predicted octanol–water partition coefficient (Wildman–Crippen LogP) is 12.2. The van der Waals surface area contributed by atoms with E-state index < -0.39 is 8.07 Å². The van der Waals surface area contributed by atoms with Gasteiger partial charge in [-0.1, -0.05) is 198 Å². The Balaban J connectivity index is 1.19. The zero-order valence-electron chi connectivity index (χ0n) is 33.9. The highest BCUT2D eigenvalue weighted by molar-refractivity contribution is 7.22. The van der Waals surface area contributed by atoms with Gasteiger partial charge in [-0.2, -0.15) is 0 Å². The van der Waals surface area contributed by atoms with E-state index in [4.69, 9.17) is 0 Å². The van der Waals surface area contributed by atoms with Gasteiger partial charge >= 0.3 is 0 Å². The van der Waals surface area contributed by atoms with Crippen molar-refractivity contribution in [3.63, 3.8) is 0 Å². The van der Waals surface area contributed by atoms with E-state index in [0.717, 1.165) is 11.4 Å². The summed E-state index contributed by atoms with van der Waals surface area (Å²) in [5, 5.41) is 5.69. The lowest BCUT2D eigenvalue weighted by Crippen LogP contribution is -2.72. The van der Waals surface area contributed by atoms with Crippen molar-refractivity contribution in [2.24, 2.45) is 0 Å². The van der Waals surface area contributed by atoms with E-state index in [1.54, 1.807) is 0 Å². The minimum Gasteiger partial charge on any atom is -0.310 e. The smallest absolute Gasteiger partial charge is 0.180 e. The van der Waals surface area contributed by atoms with Gasteiger partial charge in [0.15, 0.2) is 8.07 Å². The Kier molecular flexibility index (Phi) is 8.73. The summed E-state index contributed by atoms with van der Waals surface area (Å²) in [5.74, 6) is 0. The molecule has 8 aromatic rings. The molecule has 8 aromatic carbocycles. The molecule has 0 bridgehead atoms. The minimum atomic E-state index is -2.68. The van der Waals surface area contributed by atoms with Gasteiger partial charge in [0, 0.05) is 16.9 Å². The summed E-state index contributed by atoms with van der Waals surface area (Å²) in [6, 6.07) is 75.2. The van der Waals surface area contributed by atoms with Crippen molar-refractivity contribution >= 4 is 45.9 Å². The molecule has 282 valence electrons. The Bertz CT molecular complexity index is 2730. The van der Waals surface area contributed by atoms with Gasteiger partial charge in [-0.3, -0.25) is 0 Å². The normalized spacial score (nSPS) is 15.5. The molecule has 10 rings (SSSR count). The third-order valence-corrected chi connectivity index (χ3v) is 18.1. The summed E-state index contributed by atoms with van der Waals surface area (Å²) >= 11 is 0. The molecule has 0 saturated carbocycles. The Morgan fingerprint density at radius 1 is 0.397 bits per heavy atom. The fourth-order valence-electron chi connectivity index (χ4n) is 10.1. The lowest BCUT2D eigenvalue weighted by molar-refractivity contribution is 0.332. The van der Waals surface area contributed by atoms with Crippen molar-refractivity contribution in [1.29, 1.82) is 0 Å². The van der Waals surface area contributed by atoms with E-state index in [2.05, 4.69) is 233 Å². The van der Waals surface area contributed by atoms with Crippen molar-refractivity contribution < 1.29 is 0 Å². The number of hydrogen-bond donors (Lipinski definition) is 0. The molecule has 1 aliphatic carbocycles. The molecule has 0 N–H and O–H groups in total. The van der Waals surface area contributed by atoms with Crippen LogP contribution in [0.5, 0.6) is 0 Å². The molecule has 2 heteroatoms. The molecule has 0 amide bonds. The standard InChI is InChI=1S/C56H49NSi/c1-55(2)36-37-56(3,4)50-39-43(32-35-49(50)55)41-30-33-44(34-31-41)57(45-21-16-20-42(38-45)40-18-8-5-9-19-40)51-27-17-29-53-54(51)48-26-14-15-28-52(48)58(53,46-22-10-6-11-23-46)47-24-12-7-13-25-47/h5-35,38-39H,36-37H2,1-4H3. The molecular weight excluding hydrogens is 715 g/mol. The third-order valence-electron chi connectivity index (χ3n) is 13.2. The summed E-state index contributed by atoms with van der Waals surface area (Å²) in [7, 11) is -2.68. The first-order valence-corrected chi connectivity index (χ1v) is 22.8. The highest BCUT2D eigenvalue weighted by atomic mass is 28.3. The number of rotatable bonds is 7. The Morgan fingerprint density at radius 3 is 1.60 bits per heavy atom. The van der Waals surface area contributed by atoms with Crippen LogP contribution >= 0.6 is 0 Å². The topological polar surface area (TPSA) is 3.24 Å². The van der Waals surface area contributed by atoms with Gasteiger partial charge in [-0.05, 0) is 114 Å². The summed E-state index contributed by atoms with van der Waals surface area (Å²) in [6.07, 6.45) is 2.42. The average Bonchev–Trinajstić information content (AvgIpc) is 3.58. The van der Waals surface area contributed by atoms with Crippen LogP contribution in [0.1, 0.15) is 51.7 Å². The maximum Gasteiger partial charge on any atom is 0.180 e. The zero-order chi connectivity index (χ0) is 39.5. The largest absolute Gasteiger partial charge is 0.310 e. The molecular formula is C56H49NSi. The van der Waals surface area contributed by atoms with E-state index in [1.807, 2.05) is 0 Å². The summed E-state index contributed by atoms with van der Waals surface area (Å²) < 4.78 is 0. The third kappa shape index (κ3) is 5.81. The number of hydrogen-bond acceptors (Lipinski definition) is 1. The molecule has 2 aliphatic rings. The molecule has 1 heterocycles. The first-order valence-electron chi connectivity index (χ1n) is 20.8. The molecule has 0 aromatic heterocycles. The molecule has 0 atom stereocenters. The zero-order valence-corrected chi connectivity index (χ0v) is 34.9. The van der Waals surface area contributed by atoms with E-state index in [9.17, 15) is 0 Å². The fourth-order valence-corrected chi connectivity index (χ4v) is 15.3. The second-order valence-electron chi connectivity index (χ2n) is 17.6. The summed E-state index contributed by atoms with van der Waals surface area (Å²) in [6.45, 7) is 9.64. The average molecular weight is 764 g/mol. The highest BCUT2D eigenvalue weighted by Gasteiger charge is 2.49. The van der Waals surface area contributed by atoms with Crippen molar-refractivity contribution in [1.82, 2.24) is 0 Å². The molecule has 58 heavy (non-hydrogen) atoms. The molecule has 0 unspecified atom stereocenters. The first kappa shape index (κ1) is 36.1. The van der Waals surface area contributed by atoms with Gasteiger partial charge < -0.3 is 4.90 Å². The van der Waals surface area contributed by atoms with Crippen LogP contribution in [0.15, 0.2) is 200 Å². The summed E-state index contributed by atoms with van der Waals surface area (Å²) in [4.78, 5) is 2.50. The lowest BCUT2D eigenvalue weighted by atomic mass is 9.63. The van der Waals surface area contributed by atoms with Crippen LogP contribution in [-0.4, -0.2) is 8.07 Å². The maximum atomic E-state index is 2.50. The van der Waals surface area contributed by atoms with Crippen molar-refractivity contribution in [3.05, 3.63) is 211 Å². The molecule has 0 saturated heterocycles. The molecule has 0 radical (unpaired) electrons. The number of benzene rings is 8. The van der Waals surface area contributed by atoms with Gasteiger partial charge in [0.25, 0.3) is 0 Å². The minimum absolute atomic E-state index is 0.156. The SMILES string of the molecule is CC1(C)CCC(C)(C)c2cc(-c3ccc(N(c4cccc(-c5ccccc5)c4)c4cccc5c4-c4ccccc4[Si]5(c4ccccc4)c4ccccc4)cc3)ccc21. The quantitative estimate of drug-likeness (QED) is 0.146. The number of fused-ring (bicyclic) bond motifs is 4. The Hall–Kier alpha value is -6.22. The van der Waals surface area contributed by atoms with Gasteiger partial charge in [-0.25, -0.2) is 0 Å². The van der Waals surface area contributed by atoms with Gasteiger partial charge in [-0.15, -0.1) is 0 Å². The number of nitrogens with zero attached hydrogens (tertiary/aromatic N) is 1. The molecule has 1 nitrogen and oxygen atoms in total. The number of anilines is 3. The van der Waals surface area contributed by atoms with Crippen molar-refractivity contribution in [3.8, 4) is 33.4 Å². The van der Waals surface area contributed by atoms with Crippen LogP contribution in [0.2, 0.25) is 0 Å². The first-order chi connectivity index (χ1) is 28.3. The van der Waals surface area contributed by atoms with Crippen LogP contribution in [0.4, 0.5) is 17.1 Å². The maximum absolute atomic E-state index is 2.68. The Labute approximate surface area is 345 Å². The van der Waals surface area contributed by atoms with Crippen molar-refractivity contribution in [2.45, 2.75) is 51.4 Å². The summed E-state index contributed by atoms with van der Waals surface area (Å²) in [5.41, 5.74) is 14.4. The monoisotopic (exact) mass is 763 g/mol. The van der Waals surface area contributed by atoms with Gasteiger partial charge in [0.1, 0.15) is 0 Å². The lowest BCUT2D eigenvalue weighted by Gasteiger charge is -2.42. The van der Waals surface area contributed by atoms with Crippen LogP contribution in [0, 0.1) is 0 Å². The second-order valence-corrected chi connectivity index (χ2v) is 21.3. The van der Waals surface area contributed by atoms with Crippen LogP contribution in [-0.2, 0) is 10.8 Å². The van der Waals surface area contributed by atoms with E-state index in [0.29, 0.717) is 0 Å². The van der Waals surface area contributed by atoms with Crippen molar-refractivity contribution in [2.75, 3.05) is 4.90 Å². The molecule has 1 aliphatic heterocycles. The van der Waals surface area contributed by atoms with E-state index in [-0.39, 0.29) is 10.8 Å². The second kappa shape index (κ2) is 14.0. The van der Waals surface area contributed by atoms with Crippen LogP contribution < -0.4 is 25.6 Å². The van der Waals surface area contributed by atoms with E-state index in [1.165, 1.54) is 83.8 Å². The molecule has 0 spiro atoms. The van der Waals surface area contributed by atoms with E-state index >= 15 is 0 Å². The van der Waals surface area contributed by atoms with Crippen LogP contribution in [0.25, 0.3) is 33.4 Å². The Morgan fingerprint density at radius 2 is 0.914 bits per heavy atom. The molecule has 0 fully saturated rings. The fraction of sp³-hybridized carbons (Fsp3) is 0.143. The van der Waals surface area contributed by atoms with Gasteiger partial charge in [0.05, 0.1) is 5.69 Å². The van der Waals surface area contributed by atoms with Crippen LogP contribution in [0.3, 0.4) is 0 Å². The highest BCUT2D eigenvalue weighted by Crippen LogP contribution is 2.48.